The van der Waals surface area contributed by atoms with Crippen LogP contribution in [-0.2, 0) is 20.9 Å². The van der Waals surface area contributed by atoms with Crippen molar-refractivity contribution < 1.29 is 18.7 Å². The average molecular weight is 364 g/mol. The second kappa shape index (κ2) is 8.71. The minimum absolute atomic E-state index is 0.0130. The van der Waals surface area contributed by atoms with Crippen LogP contribution < -0.4 is 0 Å². The first-order chi connectivity index (χ1) is 12.2. The summed E-state index contributed by atoms with van der Waals surface area (Å²) in [6, 6.07) is 3.67. The van der Waals surface area contributed by atoms with Crippen LogP contribution in [0, 0.1) is 5.92 Å². The molecule has 1 aromatic rings. The largest absolute Gasteiger partial charge is 0.467 e. The van der Waals surface area contributed by atoms with Gasteiger partial charge in [-0.15, -0.1) is 0 Å². The first-order valence-corrected chi connectivity index (χ1v) is 9.41. The highest BCUT2D eigenvalue weighted by atomic mass is 16.5. The van der Waals surface area contributed by atoms with Gasteiger partial charge in [-0.05, 0) is 45.7 Å². The molecular weight excluding hydrogens is 332 g/mol. The summed E-state index contributed by atoms with van der Waals surface area (Å²) in [4.78, 5) is 29.1. The molecule has 1 unspecified atom stereocenters. The van der Waals surface area contributed by atoms with Crippen molar-refractivity contribution in [1.29, 1.82) is 0 Å². The van der Waals surface area contributed by atoms with Crippen molar-refractivity contribution in [3.05, 3.63) is 24.2 Å². The molecule has 1 atom stereocenters. The standard InChI is InChI=1S/C20H32N2O4/c1-15(2)19(24)22(20(3,4)5)14-18(23)21(12-16-8-6-10-25-16)13-17-9-7-11-26-17/h6,8,10,15,17H,7,9,11-14H2,1-5H3. The van der Waals surface area contributed by atoms with Gasteiger partial charge in [0.25, 0.3) is 0 Å². The van der Waals surface area contributed by atoms with E-state index in [9.17, 15) is 9.59 Å². The van der Waals surface area contributed by atoms with Gasteiger partial charge in [0.1, 0.15) is 12.3 Å². The number of rotatable bonds is 7. The molecule has 2 amide bonds. The SMILES string of the molecule is CC(C)C(=O)N(CC(=O)N(Cc1ccco1)CC1CCCO1)C(C)(C)C. The molecule has 1 aliphatic heterocycles. The molecule has 1 saturated heterocycles. The third-order valence-electron chi connectivity index (χ3n) is 4.59. The van der Waals surface area contributed by atoms with Gasteiger partial charge in [-0.3, -0.25) is 9.59 Å². The Kier molecular flexibility index (Phi) is 6.87. The Morgan fingerprint density at radius 3 is 2.54 bits per heavy atom. The first kappa shape index (κ1) is 20.5. The lowest BCUT2D eigenvalue weighted by atomic mass is 10.0. The number of carbonyl (C=O) groups excluding carboxylic acids is 2. The molecule has 0 radical (unpaired) electrons. The van der Waals surface area contributed by atoms with E-state index in [-0.39, 0.29) is 30.4 Å². The van der Waals surface area contributed by atoms with Gasteiger partial charge >= 0.3 is 0 Å². The zero-order valence-corrected chi connectivity index (χ0v) is 16.7. The summed E-state index contributed by atoms with van der Waals surface area (Å²) in [5.41, 5.74) is -0.419. The number of carbonyl (C=O) groups is 2. The van der Waals surface area contributed by atoms with Crippen LogP contribution in [-0.4, -0.2) is 53.0 Å². The molecule has 146 valence electrons. The van der Waals surface area contributed by atoms with Gasteiger partial charge in [0.2, 0.25) is 11.8 Å². The second-order valence-electron chi connectivity index (χ2n) is 8.24. The Hall–Kier alpha value is -1.82. The maximum atomic E-state index is 13.1. The minimum Gasteiger partial charge on any atom is -0.467 e. The van der Waals surface area contributed by atoms with Crippen molar-refractivity contribution in [2.24, 2.45) is 5.92 Å². The lowest BCUT2D eigenvalue weighted by molar-refractivity contribution is -0.147. The van der Waals surface area contributed by atoms with Crippen LogP contribution in [0.5, 0.6) is 0 Å². The van der Waals surface area contributed by atoms with Gasteiger partial charge in [0.05, 0.1) is 18.9 Å². The van der Waals surface area contributed by atoms with E-state index in [0.717, 1.165) is 25.2 Å². The highest BCUT2D eigenvalue weighted by Gasteiger charge is 2.32. The van der Waals surface area contributed by atoms with Crippen molar-refractivity contribution in [1.82, 2.24) is 9.80 Å². The maximum absolute atomic E-state index is 13.1. The molecule has 6 nitrogen and oxygen atoms in total. The molecular formula is C20H32N2O4. The van der Waals surface area contributed by atoms with E-state index < -0.39 is 5.54 Å². The average Bonchev–Trinajstić information content (AvgIpc) is 3.23. The molecule has 26 heavy (non-hydrogen) atoms. The second-order valence-corrected chi connectivity index (χ2v) is 8.24. The number of nitrogens with zero attached hydrogens (tertiary/aromatic N) is 2. The quantitative estimate of drug-likeness (QED) is 0.746. The Morgan fingerprint density at radius 1 is 1.31 bits per heavy atom. The summed E-state index contributed by atoms with van der Waals surface area (Å²) in [6.07, 6.45) is 3.63. The van der Waals surface area contributed by atoms with Crippen LogP contribution in [0.25, 0.3) is 0 Å². The van der Waals surface area contributed by atoms with Crippen LogP contribution in [0.2, 0.25) is 0 Å². The van der Waals surface area contributed by atoms with Gasteiger partial charge in [-0.2, -0.15) is 0 Å². The van der Waals surface area contributed by atoms with Crippen LogP contribution in [0.15, 0.2) is 22.8 Å². The summed E-state index contributed by atoms with van der Waals surface area (Å²) >= 11 is 0. The van der Waals surface area contributed by atoms with Crippen molar-refractivity contribution in [3.63, 3.8) is 0 Å². The van der Waals surface area contributed by atoms with E-state index in [1.807, 2.05) is 46.8 Å². The molecule has 2 heterocycles. The van der Waals surface area contributed by atoms with Crippen molar-refractivity contribution >= 4 is 11.8 Å². The van der Waals surface area contributed by atoms with E-state index in [0.29, 0.717) is 13.1 Å². The fourth-order valence-corrected chi connectivity index (χ4v) is 3.07. The Bertz CT molecular complexity index is 583. The van der Waals surface area contributed by atoms with E-state index >= 15 is 0 Å². The Balaban J connectivity index is 2.13. The number of furan rings is 1. The van der Waals surface area contributed by atoms with Gasteiger partial charge < -0.3 is 19.0 Å². The van der Waals surface area contributed by atoms with E-state index in [1.165, 1.54) is 0 Å². The summed E-state index contributed by atoms with van der Waals surface area (Å²) in [5.74, 6) is 0.481. The zero-order chi connectivity index (χ0) is 19.3. The predicted octanol–water partition coefficient (Wildman–Crippen LogP) is 3.07. The van der Waals surface area contributed by atoms with Gasteiger partial charge in [0.15, 0.2) is 0 Å². The van der Waals surface area contributed by atoms with Gasteiger partial charge in [-0.25, -0.2) is 0 Å². The highest BCUT2D eigenvalue weighted by Crippen LogP contribution is 2.19. The summed E-state index contributed by atoms with van der Waals surface area (Å²) < 4.78 is 11.1. The minimum atomic E-state index is -0.419. The fourth-order valence-electron chi connectivity index (χ4n) is 3.07. The van der Waals surface area contributed by atoms with Crippen molar-refractivity contribution in [2.45, 2.75) is 65.6 Å². The molecule has 0 aromatic carbocycles. The third-order valence-corrected chi connectivity index (χ3v) is 4.59. The fraction of sp³-hybridized carbons (Fsp3) is 0.700. The summed E-state index contributed by atoms with van der Waals surface area (Å²) in [6.45, 7) is 11.3. The molecule has 6 heteroatoms. The van der Waals surface area contributed by atoms with Gasteiger partial charge in [0, 0.05) is 24.6 Å². The smallest absolute Gasteiger partial charge is 0.242 e. The number of ether oxygens (including phenoxy) is 1. The Morgan fingerprint density at radius 2 is 2.04 bits per heavy atom. The molecule has 1 aliphatic rings. The van der Waals surface area contributed by atoms with E-state index in [1.54, 1.807) is 16.1 Å². The monoisotopic (exact) mass is 364 g/mol. The van der Waals surface area contributed by atoms with E-state index in [4.69, 9.17) is 9.15 Å². The van der Waals surface area contributed by atoms with Crippen molar-refractivity contribution in [3.8, 4) is 0 Å². The lowest BCUT2D eigenvalue weighted by Crippen LogP contribution is -2.53. The molecule has 0 aliphatic carbocycles. The maximum Gasteiger partial charge on any atom is 0.242 e. The van der Waals surface area contributed by atoms with Gasteiger partial charge in [-0.1, -0.05) is 13.8 Å². The van der Waals surface area contributed by atoms with Crippen LogP contribution in [0.1, 0.15) is 53.2 Å². The molecule has 1 aromatic heterocycles. The topological polar surface area (TPSA) is 63.0 Å². The van der Waals surface area contributed by atoms with Crippen LogP contribution in [0.3, 0.4) is 0 Å². The molecule has 0 saturated carbocycles. The predicted molar refractivity (Wildman–Crippen MR) is 99.4 cm³/mol. The first-order valence-electron chi connectivity index (χ1n) is 9.41. The normalized spacial score (nSPS) is 17.5. The van der Waals surface area contributed by atoms with Crippen molar-refractivity contribution in [2.75, 3.05) is 19.7 Å². The number of hydrogen-bond donors (Lipinski definition) is 0. The molecule has 1 fully saturated rings. The number of amides is 2. The summed E-state index contributed by atoms with van der Waals surface area (Å²) in [5, 5.41) is 0. The summed E-state index contributed by atoms with van der Waals surface area (Å²) in [7, 11) is 0. The highest BCUT2D eigenvalue weighted by molar-refractivity contribution is 5.86. The third kappa shape index (κ3) is 5.59. The lowest BCUT2D eigenvalue weighted by Gasteiger charge is -2.38. The van der Waals surface area contributed by atoms with E-state index in [2.05, 4.69) is 0 Å². The molecule has 0 spiro atoms. The van der Waals surface area contributed by atoms with Crippen LogP contribution >= 0.6 is 0 Å². The molecule has 0 bridgehead atoms. The molecule has 0 N–H and O–H groups in total. The molecule has 2 rings (SSSR count). The Labute approximate surface area is 156 Å². The number of hydrogen-bond acceptors (Lipinski definition) is 4. The van der Waals surface area contributed by atoms with Crippen LogP contribution in [0.4, 0.5) is 0 Å². The zero-order valence-electron chi connectivity index (χ0n) is 16.7.